The second-order valence-electron chi connectivity index (χ2n) is 6.46. The number of nitrogens with one attached hydrogen (secondary N) is 2. The number of aromatic nitrogens is 1. The third-order valence-electron chi connectivity index (χ3n) is 4.62. The topological polar surface area (TPSA) is 78.3 Å². The van der Waals surface area contributed by atoms with Gasteiger partial charge >= 0.3 is 0 Å². The zero-order valence-corrected chi connectivity index (χ0v) is 14.3. The molecule has 0 aromatic carbocycles. The molecule has 0 fully saturated rings. The molecule has 2 heterocycles. The van der Waals surface area contributed by atoms with E-state index in [9.17, 15) is 9.59 Å². The molecular weight excluding hydrogens is 306 g/mol. The molecule has 24 heavy (non-hydrogen) atoms. The predicted octanol–water partition coefficient (Wildman–Crippen LogP) is 2.47. The van der Waals surface area contributed by atoms with Crippen LogP contribution in [0.5, 0.6) is 0 Å². The number of likely N-dealkylation sites (N-methyl/N-ethyl adjacent to an activating group) is 1. The Kier molecular flexibility index (Phi) is 4.57. The van der Waals surface area contributed by atoms with Crippen LogP contribution in [0.25, 0.3) is 0 Å². The van der Waals surface area contributed by atoms with Crippen LogP contribution >= 0.6 is 0 Å². The van der Waals surface area contributed by atoms with E-state index in [4.69, 9.17) is 4.42 Å². The molecule has 2 aromatic rings. The zero-order chi connectivity index (χ0) is 17.3. The van der Waals surface area contributed by atoms with Crippen molar-refractivity contribution in [2.24, 2.45) is 0 Å². The van der Waals surface area contributed by atoms with Crippen LogP contribution in [-0.2, 0) is 6.42 Å². The molecule has 0 saturated carbocycles. The van der Waals surface area contributed by atoms with E-state index in [2.05, 4.69) is 10.3 Å². The molecule has 2 aromatic heterocycles. The largest absolute Gasteiger partial charge is 0.468 e. The molecular formula is C18H23N3O3. The van der Waals surface area contributed by atoms with Crippen LogP contribution < -0.4 is 5.32 Å². The minimum Gasteiger partial charge on any atom is -0.468 e. The van der Waals surface area contributed by atoms with Gasteiger partial charge in [0.2, 0.25) is 0 Å². The molecule has 6 nitrogen and oxygen atoms in total. The first-order chi connectivity index (χ1) is 11.5. The Labute approximate surface area is 141 Å². The Morgan fingerprint density at radius 2 is 2.21 bits per heavy atom. The number of aryl methyl sites for hydroxylation is 1. The van der Waals surface area contributed by atoms with Crippen LogP contribution in [0, 0.1) is 6.92 Å². The number of amides is 1. The van der Waals surface area contributed by atoms with Gasteiger partial charge in [-0.05, 0) is 51.6 Å². The number of aromatic amines is 1. The molecule has 3 rings (SSSR count). The number of fused-ring (bicyclic) bond motifs is 1. The summed E-state index contributed by atoms with van der Waals surface area (Å²) in [5, 5.41) is 2.95. The molecule has 0 bridgehead atoms. The summed E-state index contributed by atoms with van der Waals surface area (Å²) >= 11 is 0. The van der Waals surface area contributed by atoms with Crippen LogP contribution in [0.2, 0.25) is 0 Å². The minimum atomic E-state index is -0.187. The van der Waals surface area contributed by atoms with Crippen LogP contribution in [-0.4, -0.2) is 42.2 Å². The summed E-state index contributed by atoms with van der Waals surface area (Å²) in [4.78, 5) is 29.8. The molecule has 1 aliphatic rings. The van der Waals surface area contributed by atoms with Crippen molar-refractivity contribution in [1.82, 2.24) is 15.2 Å². The van der Waals surface area contributed by atoms with Gasteiger partial charge in [0.1, 0.15) is 11.5 Å². The first-order valence-electron chi connectivity index (χ1n) is 8.21. The Morgan fingerprint density at radius 1 is 1.42 bits per heavy atom. The smallest absolute Gasteiger partial charge is 0.268 e. The molecule has 128 valence electrons. The van der Waals surface area contributed by atoms with E-state index >= 15 is 0 Å². The van der Waals surface area contributed by atoms with Gasteiger partial charge in [-0.1, -0.05) is 0 Å². The number of carbonyl (C=O) groups is 2. The summed E-state index contributed by atoms with van der Waals surface area (Å²) in [6.07, 6.45) is 3.85. The fraction of sp³-hybridized carbons (Fsp3) is 0.444. The lowest BCUT2D eigenvalue weighted by atomic mass is 9.94. The number of carbonyl (C=O) groups excluding carboxylic acids is 2. The van der Waals surface area contributed by atoms with Crippen molar-refractivity contribution in [3.05, 3.63) is 46.7 Å². The summed E-state index contributed by atoms with van der Waals surface area (Å²) in [5.41, 5.74) is 2.85. The SMILES string of the molecule is Cc1c(C(=O)NCC(c2ccco2)N(C)C)[nH]c2c1C(=O)CCC2. The van der Waals surface area contributed by atoms with E-state index in [1.54, 1.807) is 6.26 Å². The van der Waals surface area contributed by atoms with Crippen molar-refractivity contribution in [2.75, 3.05) is 20.6 Å². The lowest BCUT2D eigenvalue weighted by Crippen LogP contribution is -2.34. The predicted molar refractivity (Wildman–Crippen MR) is 90.3 cm³/mol. The average Bonchev–Trinajstić information content (AvgIpc) is 3.16. The Balaban J connectivity index is 1.75. The van der Waals surface area contributed by atoms with Crippen molar-refractivity contribution in [1.29, 1.82) is 0 Å². The molecule has 1 aliphatic carbocycles. The highest BCUT2D eigenvalue weighted by Crippen LogP contribution is 2.26. The van der Waals surface area contributed by atoms with Crippen molar-refractivity contribution >= 4 is 11.7 Å². The highest BCUT2D eigenvalue weighted by molar-refractivity contribution is 6.04. The highest BCUT2D eigenvalue weighted by atomic mass is 16.3. The molecule has 1 amide bonds. The van der Waals surface area contributed by atoms with Crippen molar-refractivity contribution in [3.63, 3.8) is 0 Å². The van der Waals surface area contributed by atoms with E-state index in [1.807, 2.05) is 38.1 Å². The number of nitrogens with zero attached hydrogens (tertiary/aromatic N) is 1. The lowest BCUT2D eigenvalue weighted by Gasteiger charge is -2.22. The van der Waals surface area contributed by atoms with Gasteiger partial charge in [0.15, 0.2) is 5.78 Å². The van der Waals surface area contributed by atoms with E-state index in [1.165, 1.54) is 0 Å². The molecule has 0 radical (unpaired) electrons. The summed E-state index contributed by atoms with van der Waals surface area (Å²) in [7, 11) is 3.88. The number of Topliss-reactive ketones (excluding diaryl/α,β-unsaturated/α-hetero) is 1. The summed E-state index contributed by atoms with van der Waals surface area (Å²) in [5.74, 6) is 0.747. The van der Waals surface area contributed by atoms with Crippen LogP contribution in [0.4, 0.5) is 0 Å². The number of rotatable bonds is 5. The molecule has 0 spiro atoms. The Hall–Kier alpha value is -2.34. The van der Waals surface area contributed by atoms with Crippen molar-refractivity contribution < 1.29 is 14.0 Å². The molecule has 0 aliphatic heterocycles. The minimum absolute atomic E-state index is 0.0459. The quantitative estimate of drug-likeness (QED) is 0.883. The summed E-state index contributed by atoms with van der Waals surface area (Å²) in [6, 6.07) is 3.69. The number of ketones is 1. The van der Waals surface area contributed by atoms with E-state index in [0.29, 0.717) is 24.2 Å². The second kappa shape index (κ2) is 6.65. The normalized spacial score (nSPS) is 15.4. The highest BCUT2D eigenvalue weighted by Gasteiger charge is 2.27. The van der Waals surface area contributed by atoms with Crippen LogP contribution in [0.1, 0.15) is 56.7 Å². The molecule has 6 heteroatoms. The standard InChI is InChI=1S/C18H23N3O3/c1-11-16-12(6-4-7-14(16)22)20-17(11)18(23)19-10-13(21(2)3)15-8-5-9-24-15/h5,8-9,13,20H,4,6-7,10H2,1-3H3,(H,19,23). The maximum Gasteiger partial charge on any atom is 0.268 e. The average molecular weight is 329 g/mol. The number of hydrogen-bond donors (Lipinski definition) is 2. The van der Waals surface area contributed by atoms with Crippen molar-refractivity contribution in [2.45, 2.75) is 32.2 Å². The third kappa shape index (κ3) is 3.01. The van der Waals surface area contributed by atoms with Gasteiger partial charge in [0, 0.05) is 24.2 Å². The summed E-state index contributed by atoms with van der Waals surface area (Å²) in [6.45, 7) is 2.26. The maximum atomic E-state index is 12.6. The van der Waals surface area contributed by atoms with E-state index in [-0.39, 0.29) is 17.7 Å². The maximum absolute atomic E-state index is 12.6. The van der Waals surface area contributed by atoms with Gasteiger partial charge < -0.3 is 14.7 Å². The van der Waals surface area contributed by atoms with Gasteiger partial charge in [0.05, 0.1) is 12.3 Å². The Bertz CT molecular complexity index is 744. The molecule has 2 N–H and O–H groups in total. The number of H-pyrrole nitrogens is 1. The number of hydrogen-bond acceptors (Lipinski definition) is 4. The van der Waals surface area contributed by atoms with Gasteiger partial charge in [-0.15, -0.1) is 0 Å². The lowest BCUT2D eigenvalue weighted by molar-refractivity contribution is 0.0933. The number of furan rings is 1. The fourth-order valence-corrected chi connectivity index (χ4v) is 3.30. The zero-order valence-electron chi connectivity index (χ0n) is 14.3. The van der Waals surface area contributed by atoms with Crippen LogP contribution in [0.15, 0.2) is 22.8 Å². The van der Waals surface area contributed by atoms with Gasteiger partial charge in [0.25, 0.3) is 5.91 Å². The monoisotopic (exact) mass is 329 g/mol. The third-order valence-corrected chi connectivity index (χ3v) is 4.62. The van der Waals surface area contributed by atoms with E-state index in [0.717, 1.165) is 29.9 Å². The van der Waals surface area contributed by atoms with Gasteiger partial charge in [-0.2, -0.15) is 0 Å². The fourth-order valence-electron chi connectivity index (χ4n) is 3.30. The van der Waals surface area contributed by atoms with Gasteiger partial charge in [-0.3, -0.25) is 14.5 Å². The van der Waals surface area contributed by atoms with Crippen molar-refractivity contribution in [3.8, 4) is 0 Å². The first kappa shape index (κ1) is 16.5. The van der Waals surface area contributed by atoms with Gasteiger partial charge in [-0.25, -0.2) is 0 Å². The molecule has 0 saturated heterocycles. The molecule has 1 unspecified atom stereocenters. The second-order valence-corrected chi connectivity index (χ2v) is 6.46. The summed E-state index contributed by atoms with van der Waals surface area (Å²) < 4.78 is 5.45. The first-order valence-corrected chi connectivity index (χ1v) is 8.21. The van der Waals surface area contributed by atoms with E-state index < -0.39 is 0 Å². The molecule has 1 atom stereocenters. The Morgan fingerprint density at radius 3 is 2.83 bits per heavy atom. The van der Waals surface area contributed by atoms with Crippen LogP contribution in [0.3, 0.4) is 0 Å².